The van der Waals surface area contributed by atoms with Crippen molar-refractivity contribution in [2.45, 2.75) is 65.2 Å². The number of hydrogen-bond donors (Lipinski definition) is 3. The van der Waals surface area contributed by atoms with Crippen molar-refractivity contribution >= 4 is 12.1 Å². The maximum absolute atomic E-state index is 12.2. The van der Waals surface area contributed by atoms with Gasteiger partial charge in [0.25, 0.3) is 0 Å². The highest BCUT2D eigenvalue weighted by Crippen LogP contribution is 2.39. The van der Waals surface area contributed by atoms with Crippen LogP contribution in [0.4, 0.5) is 0 Å². The van der Waals surface area contributed by atoms with Crippen molar-refractivity contribution in [2.24, 2.45) is 5.10 Å². The summed E-state index contributed by atoms with van der Waals surface area (Å²) in [5, 5.41) is 24.4. The molecule has 0 atom stereocenters. The zero-order valence-electron chi connectivity index (χ0n) is 18.2. The maximum Gasteiger partial charge on any atom is 0.240 e. The Morgan fingerprint density at radius 3 is 2.07 bits per heavy atom. The molecule has 2 aromatic carbocycles. The molecular weight excluding hydrogens is 364 g/mol. The van der Waals surface area contributed by atoms with E-state index in [1.165, 1.54) is 6.21 Å². The number of benzene rings is 2. The number of nitrogens with zero attached hydrogens (tertiary/aromatic N) is 1. The highest BCUT2D eigenvalue weighted by molar-refractivity contribution is 5.85. The predicted octanol–water partition coefficient (Wildman–Crippen LogP) is 4.78. The van der Waals surface area contributed by atoms with E-state index in [1.54, 1.807) is 24.3 Å². The van der Waals surface area contributed by atoms with E-state index in [9.17, 15) is 15.0 Å². The Morgan fingerprint density at radius 2 is 1.55 bits per heavy atom. The number of carbonyl (C=O) groups is 1. The van der Waals surface area contributed by atoms with Crippen LogP contribution in [-0.4, -0.2) is 22.3 Å². The lowest BCUT2D eigenvalue weighted by Crippen LogP contribution is -2.20. The zero-order chi connectivity index (χ0) is 21.8. The number of para-hydroxylation sites is 1. The fourth-order valence-corrected chi connectivity index (χ4v) is 3.07. The lowest BCUT2D eigenvalue weighted by molar-refractivity contribution is -0.121. The topological polar surface area (TPSA) is 81.9 Å². The fraction of sp³-hybridized carbons (Fsp3) is 0.417. The van der Waals surface area contributed by atoms with Crippen molar-refractivity contribution in [3.63, 3.8) is 0 Å². The largest absolute Gasteiger partial charge is 0.507 e. The normalized spacial score (nSPS) is 12.3. The summed E-state index contributed by atoms with van der Waals surface area (Å²) in [6.07, 6.45) is 2.24. The highest BCUT2D eigenvalue weighted by Gasteiger charge is 2.26. The summed E-state index contributed by atoms with van der Waals surface area (Å²) in [5.41, 5.74) is 5.42. The molecular formula is C24H32N2O3. The van der Waals surface area contributed by atoms with Crippen LogP contribution >= 0.6 is 0 Å². The average Bonchev–Trinajstić information content (AvgIpc) is 2.60. The molecule has 0 unspecified atom stereocenters. The van der Waals surface area contributed by atoms with Gasteiger partial charge in [0.1, 0.15) is 11.5 Å². The number of carbonyl (C=O) groups excluding carboxylic acids is 1. The van der Waals surface area contributed by atoms with Crippen LogP contribution in [-0.2, 0) is 22.0 Å². The molecule has 2 aromatic rings. The van der Waals surface area contributed by atoms with Gasteiger partial charge in [0.15, 0.2) is 0 Å². The maximum atomic E-state index is 12.2. The van der Waals surface area contributed by atoms with Crippen molar-refractivity contribution in [1.29, 1.82) is 0 Å². The molecule has 0 spiro atoms. The van der Waals surface area contributed by atoms with E-state index >= 15 is 0 Å². The Hall–Kier alpha value is -2.82. The molecule has 0 aliphatic rings. The molecule has 1 amide bonds. The Labute approximate surface area is 173 Å². The number of aryl methyl sites for hydroxylation is 1. The van der Waals surface area contributed by atoms with E-state index in [0.29, 0.717) is 17.7 Å². The second kappa shape index (κ2) is 8.68. The van der Waals surface area contributed by atoms with Crippen LogP contribution in [0.3, 0.4) is 0 Å². The SMILES string of the molecule is CC(C)(C)c1cc(CCC(=O)N/N=C/c2ccccc2O)cc(C(C)(C)C)c1O. The molecule has 0 saturated carbocycles. The van der Waals surface area contributed by atoms with Crippen molar-refractivity contribution in [3.8, 4) is 11.5 Å². The molecule has 0 bridgehead atoms. The number of phenols is 2. The molecule has 29 heavy (non-hydrogen) atoms. The van der Waals surface area contributed by atoms with Crippen LogP contribution in [0.1, 0.15) is 70.2 Å². The molecule has 5 nitrogen and oxygen atoms in total. The van der Waals surface area contributed by atoms with Crippen LogP contribution in [0.25, 0.3) is 0 Å². The lowest BCUT2D eigenvalue weighted by atomic mass is 9.78. The summed E-state index contributed by atoms with van der Waals surface area (Å²) >= 11 is 0. The molecule has 2 rings (SSSR count). The molecule has 5 heteroatoms. The molecule has 0 aliphatic carbocycles. The highest BCUT2D eigenvalue weighted by atomic mass is 16.3. The van der Waals surface area contributed by atoms with Crippen LogP contribution in [0.5, 0.6) is 11.5 Å². The van der Waals surface area contributed by atoms with E-state index in [0.717, 1.165) is 16.7 Å². The quantitative estimate of drug-likeness (QED) is 0.503. The van der Waals surface area contributed by atoms with Gasteiger partial charge in [0.05, 0.1) is 6.21 Å². The van der Waals surface area contributed by atoms with Gasteiger partial charge in [0.2, 0.25) is 5.91 Å². The first kappa shape index (κ1) is 22.5. The monoisotopic (exact) mass is 396 g/mol. The Balaban J connectivity index is 2.11. The Kier molecular flexibility index (Phi) is 6.73. The number of hydrazone groups is 1. The van der Waals surface area contributed by atoms with Crippen LogP contribution in [0, 0.1) is 0 Å². The summed E-state index contributed by atoms with van der Waals surface area (Å²) in [6, 6.07) is 10.8. The molecule has 156 valence electrons. The minimum Gasteiger partial charge on any atom is -0.507 e. The van der Waals surface area contributed by atoms with Crippen LogP contribution < -0.4 is 5.43 Å². The van der Waals surface area contributed by atoms with E-state index in [1.807, 2.05) is 12.1 Å². The second-order valence-electron chi connectivity index (χ2n) is 9.39. The summed E-state index contributed by atoms with van der Waals surface area (Å²) in [6.45, 7) is 12.4. The van der Waals surface area contributed by atoms with Crippen molar-refractivity contribution in [2.75, 3.05) is 0 Å². The van der Waals surface area contributed by atoms with Crippen molar-refractivity contribution < 1.29 is 15.0 Å². The number of amides is 1. The third kappa shape index (κ3) is 6.08. The molecule has 0 radical (unpaired) electrons. The van der Waals surface area contributed by atoms with E-state index in [-0.39, 0.29) is 28.9 Å². The lowest BCUT2D eigenvalue weighted by Gasteiger charge is -2.28. The van der Waals surface area contributed by atoms with Crippen LogP contribution in [0.15, 0.2) is 41.5 Å². The smallest absolute Gasteiger partial charge is 0.240 e. The third-order valence-electron chi connectivity index (χ3n) is 4.76. The van der Waals surface area contributed by atoms with Gasteiger partial charge >= 0.3 is 0 Å². The van der Waals surface area contributed by atoms with Gasteiger partial charge in [-0.2, -0.15) is 5.10 Å². The first-order valence-electron chi connectivity index (χ1n) is 9.86. The van der Waals surface area contributed by atoms with E-state index in [2.05, 4.69) is 52.1 Å². The second-order valence-corrected chi connectivity index (χ2v) is 9.39. The molecule has 3 N–H and O–H groups in total. The number of aromatic hydroxyl groups is 2. The average molecular weight is 397 g/mol. The summed E-state index contributed by atoms with van der Waals surface area (Å²) in [4.78, 5) is 12.2. The van der Waals surface area contributed by atoms with Gasteiger partial charge in [-0.3, -0.25) is 4.79 Å². The number of phenolic OH excluding ortho intramolecular Hbond substituents is 2. The van der Waals surface area contributed by atoms with Gasteiger partial charge in [-0.15, -0.1) is 0 Å². The number of nitrogens with one attached hydrogen (secondary N) is 1. The first-order valence-corrected chi connectivity index (χ1v) is 9.86. The van der Waals surface area contributed by atoms with Crippen LogP contribution in [0.2, 0.25) is 0 Å². The summed E-state index contributed by atoms with van der Waals surface area (Å²) < 4.78 is 0. The molecule has 0 aromatic heterocycles. The third-order valence-corrected chi connectivity index (χ3v) is 4.76. The first-order chi connectivity index (χ1) is 13.4. The van der Waals surface area contributed by atoms with Gasteiger partial charge < -0.3 is 10.2 Å². The van der Waals surface area contributed by atoms with Gasteiger partial charge in [-0.05, 0) is 46.1 Å². The van der Waals surface area contributed by atoms with Crippen molar-refractivity contribution in [1.82, 2.24) is 5.43 Å². The Morgan fingerprint density at radius 1 is 1.00 bits per heavy atom. The van der Waals surface area contributed by atoms with E-state index in [4.69, 9.17) is 0 Å². The molecule has 0 fully saturated rings. The fourth-order valence-electron chi connectivity index (χ4n) is 3.07. The standard InChI is InChI=1S/C24H32N2O3/c1-23(2,3)18-13-16(14-19(22(18)29)24(4,5)6)11-12-21(28)26-25-15-17-9-7-8-10-20(17)27/h7-10,13-15,27,29H,11-12H2,1-6H3,(H,26,28)/b25-15+. The minimum absolute atomic E-state index is 0.110. The van der Waals surface area contributed by atoms with Gasteiger partial charge in [0, 0.05) is 12.0 Å². The zero-order valence-corrected chi connectivity index (χ0v) is 18.2. The number of hydrogen-bond acceptors (Lipinski definition) is 4. The molecule has 0 saturated heterocycles. The minimum atomic E-state index is -0.209. The van der Waals surface area contributed by atoms with Crippen molar-refractivity contribution in [3.05, 3.63) is 58.7 Å². The number of rotatable bonds is 5. The van der Waals surface area contributed by atoms with Gasteiger partial charge in [-0.1, -0.05) is 65.8 Å². The molecule has 0 heterocycles. The van der Waals surface area contributed by atoms with Gasteiger partial charge in [-0.25, -0.2) is 5.43 Å². The molecule has 0 aliphatic heterocycles. The Bertz CT molecular complexity index is 868. The van der Waals surface area contributed by atoms with E-state index < -0.39 is 0 Å². The summed E-state index contributed by atoms with van der Waals surface area (Å²) in [7, 11) is 0. The summed E-state index contributed by atoms with van der Waals surface area (Å²) in [5.74, 6) is 0.240. The predicted molar refractivity (Wildman–Crippen MR) is 118 cm³/mol.